The van der Waals surface area contributed by atoms with Gasteiger partial charge in [0, 0.05) is 30.2 Å². The molecule has 2 heterocycles. The number of rotatable bonds is 3. The van der Waals surface area contributed by atoms with Crippen molar-refractivity contribution in [1.82, 2.24) is 4.57 Å². The zero-order valence-corrected chi connectivity index (χ0v) is 13.4. The summed E-state index contributed by atoms with van der Waals surface area (Å²) < 4.78 is 8.01. The molecular formula is C19H17ClN2O. The summed E-state index contributed by atoms with van der Waals surface area (Å²) in [5, 5.41) is 0.738. The van der Waals surface area contributed by atoms with Gasteiger partial charge in [-0.2, -0.15) is 0 Å². The monoisotopic (exact) mass is 324 g/mol. The van der Waals surface area contributed by atoms with E-state index < -0.39 is 0 Å². The number of para-hydroxylation sites is 2. The molecule has 0 saturated carbocycles. The standard InChI is InChI=1S/C19H17ClN2O/c20-17-8-4-5-9-18(17)21-11-10-15(14-21)19-22(12-13-23-19)16-6-2-1-3-7-16/h1-11,14,19H,12-13H2/t19-/m1/s1. The van der Waals surface area contributed by atoms with Crippen molar-refractivity contribution in [2.45, 2.75) is 6.23 Å². The quantitative estimate of drug-likeness (QED) is 0.696. The van der Waals surface area contributed by atoms with Crippen LogP contribution in [0, 0.1) is 0 Å². The molecule has 0 N–H and O–H groups in total. The Hall–Kier alpha value is -2.23. The van der Waals surface area contributed by atoms with Crippen molar-refractivity contribution in [1.29, 1.82) is 0 Å². The van der Waals surface area contributed by atoms with E-state index in [4.69, 9.17) is 16.3 Å². The first kappa shape index (κ1) is 14.4. The molecule has 116 valence electrons. The van der Waals surface area contributed by atoms with Crippen LogP contribution in [0.15, 0.2) is 73.1 Å². The van der Waals surface area contributed by atoms with Gasteiger partial charge in [0.15, 0.2) is 6.23 Å². The van der Waals surface area contributed by atoms with Gasteiger partial charge in [0.2, 0.25) is 0 Å². The summed E-state index contributed by atoms with van der Waals surface area (Å²) in [6.07, 6.45) is 4.07. The molecule has 0 bridgehead atoms. The lowest BCUT2D eigenvalue weighted by Gasteiger charge is -2.24. The molecule has 0 spiro atoms. The van der Waals surface area contributed by atoms with Crippen LogP contribution in [0.4, 0.5) is 5.69 Å². The molecule has 4 rings (SSSR count). The van der Waals surface area contributed by atoms with Gasteiger partial charge < -0.3 is 14.2 Å². The molecule has 3 aromatic rings. The average Bonchev–Trinajstić information content (AvgIpc) is 3.25. The topological polar surface area (TPSA) is 17.4 Å². The molecule has 4 heteroatoms. The van der Waals surface area contributed by atoms with E-state index in [0.717, 1.165) is 29.4 Å². The summed E-state index contributed by atoms with van der Waals surface area (Å²) in [6, 6.07) is 20.3. The third kappa shape index (κ3) is 2.74. The van der Waals surface area contributed by atoms with E-state index in [2.05, 4.69) is 41.4 Å². The molecule has 0 amide bonds. The minimum Gasteiger partial charge on any atom is -0.352 e. The number of hydrogen-bond acceptors (Lipinski definition) is 2. The van der Waals surface area contributed by atoms with Crippen molar-refractivity contribution < 1.29 is 4.74 Å². The summed E-state index contributed by atoms with van der Waals surface area (Å²) in [4.78, 5) is 2.28. The Kier molecular flexibility index (Phi) is 3.82. The Balaban J connectivity index is 1.65. The number of hydrogen-bond donors (Lipinski definition) is 0. The molecule has 3 nitrogen and oxygen atoms in total. The van der Waals surface area contributed by atoms with Crippen LogP contribution in [0.1, 0.15) is 11.8 Å². The second kappa shape index (κ2) is 6.11. The van der Waals surface area contributed by atoms with Crippen LogP contribution in [0.25, 0.3) is 5.69 Å². The molecular weight excluding hydrogens is 308 g/mol. The number of benzene rings is 2. The Morgan fingerprint density at radius 2 is 1.74 bits per heavy atom. The molecule has 1 fully saturated rings. The van der Waals surface area contributed by atoms with Gasteiger partial charge in [-0.3, -0.25) is 0 Å². The van der Waals surface area contributed by atoms with Gasteiger partial charge in [-0.05, 0) is 30.3 Å². The minimum atomic E-state index is -0.0545. The van der Waals surface area contributed by atoms with Crippen LogP contribution < -0.4 is 4.90 Å². The van der Waals surface area contributed by atoms with E-state index in [-0.39, 0.29) is 6.23 Å². The number of ether oxygens (including phenoxy) is 1. The molecule has 0 aliphatic carbocycles. The van der Waals surface area contributed by atoms with Crippen LogP contribution in [0.2, 0.25) is 5.02 Å². The smallest absolute Gasteiger partial charge is 0.158 e. The minimum absolute atomic E-state index is 0.0545. The molecule has 1 atom stereocenters. The Morgan fingerprint density at radius 3 is 2.57 bits per heavy atom. The largest absolute Gasteiger partial charge is 0.352 e. The zero-order valence-electron chi connectivity index (χ0n) is 12.6. The lowest BCUT2D eigenvalue weighted by Crippen LogP contribution is -2.22. The van der Waals surface area contributed by atoms with Gasteiger partial charge in [-0.25, -0.2) is 0 Å². The Morgan fingerprint density at radius 1 is 0.957 bits per heavy atom. The molecule has 1 saturated heterocycles. The second-order valence-electron chi connectivity index (χ2n) is 5.56. The van der Waals surface area contributed by atoms with E-state index in [1.54, 1.807) is 0 Å². The average molecular weight is 325 g/mol. The van der Waals surface area contributed by atoms with Crippen molar-refractivity contribution in [2.75, 3.05) is 18.1 Å². The van der Waals surface area contributed by atoms with Crippen LogP contribution in [0.5, 0.6) is 0 Å². The fourth-order valence-electron chi connectivity index (χ4n) is 3.00. The maximum Gasteiger partial charge on any atom is 0.158 e. The molecule has 0 radical (unpaired) electrons. The van der Waals surface area contributed by atoms with Crippen LogP contribution >= 0.6 is 11.6 Å². The lowest BCUT2D eigenvalue weighted by molar-refractivity contribution is 0.114. The number of halogens is 1. The maximum absolute atomic E-state index is 6.29. The number of nitrogens with zero attached hydrogens (tertiary/aromatic N) is 2. The SMILES string of the molecule is Clc1ccccc1-n1ccc([C@H]2OCCN2c2ccccc2)c1. The van der Waals surface area contributed by atoms with E-state index in [1.165, 1.54) is 5.69 Å². The molecule has 2 aromatic carbocycles. The summed E-state index contributed by atoms with van der Waals surface area (Å²) in [6.45, 7) is 1.63. The normalized spacial score (nSPS) is 17.6. The van der Waals surface area contributed by atoms with Crippen molar-refractivity contribution in [3.63, 3.8) is 0 Å². The van der Waals surface area contributed by atoms with Crippen LogP contribution in [-0.4, -0.2) is 17.7 Å². The fourth-order valence-corrected chi connectivity index (χ4v) is 3.23. The van der Waals surface area contributed by atoms with Gasteiger partial charge in [0.05, 0.1) is 17.3 Å². The lowest BCUT2D eigenvalue weighted by atomic mass is 10.2. The van der Waals surface area contributed by atoms with Gasteiger partial charge in [0.25, 0.3) is 0 Å². The number of aromatic nitrogens is 1. The van der Waals surface area contributed by atoms with Crippen molar-refractivity contribution in [3.05, 3.63) is 83.6 Å². The molecule has 23 heavy (non-hydrogen) atoms. The van der Waals surface area contributed by atoms with Crippen LogP contribution in [-0.2, 0) is 4.74 Å². The number of anilines is 1. The first-order valence-electron chi connectivity index (χ1n) is 7.69. The molecule has 1 aromatic heterocycles. The third-order valence-electron chi connectivity index (χ3n) is 4.11. The highest BCUT2D eigenvalue weighted by Gasteiger charge is 2.27. The Labute approximate surface area is 140 Å². The maximum atomic E-state index is 6.29. The van der Waals surface area contributed by atoms with E-state index in [9.17, 15) is 0 Å². The van der Waals surface area contributed by atoms with Gasteiger partial charge in [-0.15, -0.1) is 0 Å². The highest BCUT2D eigenvalue weighted by Crippen LogP contribution is 2.33. The van der Waals surface area contributed by atoms with Gasteiger partial charge in [0.1, 0.15) is 0 Å². The van der Waals surface area contributed by atoms with E-state index >= 15 is 0 Å². The second-order valence-corrected chi connectivity index (χ2v) is 5.96. The van der Waals surface area contributed by atoms with Crippen LogP contribution in [0.3, 0.4) is 0 Å². The fraction of sp³-hybridized carbons (Fsp3) is 0.158. The molecule has 1 aliphatic rings. The van der Waals surface area contributed by atoms with Crippen molar-refractivity contribution in [3.8, 4) is 5.69 Å². The predicted octanol–water partition coefficient (Wildman–Crippen LogP) is 4.67. The highest BCUT2D eigenvalue weighted by atomic mass is 35.5. The van der Waals surface area contributed by atoms with Crippen molar-refractivity contribution >= 4 is 17.3 Å². The summed E-state index contributed by atoms with van der Waals surface area (Å²) in [5.74, 6) is 0. The van der Waals surface area contributed by atoms with Crippen molar-refractivity contribution in [2.24, 2.45) is 0 Å². The third-order valence-corrected chi connectivity index (χ3v) is 4.43. The Bertz CT molecular complexity index is 800. The first-order valence-corrected chi connectivity index (χ1v) is 8.07. The first-order chi connectivity index (χ1) is 11.3. The van der Waals surface area contributed by atoms with Gasteiger partial charge >= 0.3 is 0 Å². The van der Waals surface area contributed by atoms with Gasteiger partial charge in [-0.1, -0.05) is 41.9 Å². The van der Waals surface area contributed by atoms with E-state index in [0.29, 0.717) is 0 Å². The molecule has 0 unspecified atom stereocenters. The highest BCUT2D eigenvalue weighted by molar-refractivity contribution is 6.32. The zero-order chi connectivity index (χ0) is 15.6. The van der Waals surface area contributed by atoms with E-state index in [1.807, 2.05) is 41.1 Å². The predicted molar refractivity (Wildman–Crippen MR) is 93.3 cm³/mol. The summed E-state index contributed by atoms with van der Waals surface area (Å²) >= 11 is 6.29. The summed E-state index contributed by atoms with van der Waals surface area (Å²) in [7, 11) is 0. The molecule has 1 aliphatic heterocycles. The summed E-state index contributed by atoms with van der Waals surface area (Å²) in [5.41, 5.74) is 3.29.